The lowest BCUT2D eigenvalue weighted by Crippen LogP contribution is -2.61. The molecule has 0 spiro atoms. The summed E-state index contributed by atoms with van der Waals surface area (Å²) in [5.74, 6) is 0.712. The molecule has 4 rings (SSSR count). The molecule has 2 saturated heterocycles. The van der Waals surface area contributed by atoms with Gasteiger partial charge >= 0.3 is 0 Å². The number of halogens is 1. The standard InChI is InChI=1S/C10H16FN/c1-12-8-2-7-3-9(12)6-10(11,4-7)5-8/h7-9H,2-6H2,1H3. The molecule has 2 heteroatoms. The van der Waals surface area contributed by atoms with Crippen molar-refractivity contribution in [2.45, 2.75) is 49.9 Å². The van der Waals surface area contributed by atoms with Crippen molar-refractivity contribution in [2.75, 3.05) is 7.05 Å². The van der Waals surface area contributed by atoms with Gasteiger partial charge < -0.3 is 4.90 Å². The Morgan fingerprint density at radius 2 is 1.75 bits per heavy atom. The van der Waals surface area contributed by atoms with E-state index in [0.29, 0.717) is 18.0 Å². The Hall–Kier alpha value is -0.110. The summed E-state index contributed by atoms with van der Waals surface area (Å²) in [6.45, 7) is 0. The summed E-state index contributed by atoms with van der Waals surface area (Å²) in [7, 11) is 2.18. The lowest BCUT2D eigenvalue weighted by atomic mass is 9.62. The number of hydrogen-bond donors (Lipinski definition) is 0. The van der Waals surface area contributed by atoms with Gasteiger partial charge in [-0.15, -0.1) is 0 Å². The van der Waals surface area contributed by atoms with Crippen LogP contribution in [0.15, 0.2) is 0 Å². The Kier molecular flexibility index (Phi) is 1.24. The minimum absolute atomic E-state index is 0.571. The first-order chi connectivity index (χ1) is 5.66. The molecule has 2 saturated carbocycles. The maximum absolute atomic E-state index is 14.0. The summed E-state index contributed by atoms with van der Waals surface area (Å²) >= 11 is 0. The van der Waals surface area contributed by atoms with Gasteiger partial charge in [-0.25, -0.2) is 4.39 Å². The van der Waals surface area contributed by atoms with Gasteiger partial charge in [0, 0.05) is 12.1 Å². The molecule has 1 nitrogen and oxygen atoms in total. The fraction of sp³-hybridized carbons (Fsp3) is 1.00. The molecule has 68 valence electrons. The van der Waals surface area contributed by atoms with Crippen molar-refractivity contribution < 1.29 is 4.39 Å². The van der Waals surface area contributed by atoms with E-state index in [1.165, 1.54) is 12.8 Å². The molecule has 2 atom stereocenters. The highest BCUT2D eigenvalue weighted by molar-refractivity contribution is 5.07. The van der Waals surface area contributed by atoms with Gasteiger partial charge in [-0.2, -0.15) is 0 Å². The average molecular weight is 169 g/mol. The fourth-order valence-corrected chi connectivity index (χ4v) is 3.73. The van der Waals surface area contributed by atoms with Crippen LogP contribution in [0.25, 0.3) is 0 Å². The molecule has 12 heavy (non-hydrogen) atoms. The van der Waals surface area contributed by atoms with Crippen molar-refractivity contribution in [1.82, 2.24) is 4.90 Å². The van der Waals surface area contributed by atoms with E-state index in [2.05, 4.69) is 11.9 Å². The summed E-state index contributed by atoms with van der Waals surface area (Å²) in [4.78, 5) is 2.42. The molecule has 0 amide bonds. The molecule has 0 aromatic heterocycles. The zero-order valence-corrected chi connectivity index (χ0v) is 7.59. The molecule has 4 fully saturated rings. The van der Waals surface area contributed by atoms with Gasteiger partial charge in [-0.05, 0) is 45.1 Å². The van der Waals surface area contributed by atoms with Crippen molar-refractivity contribution in [3.8, 4) is 0 Å². The minimum Gasteiger partial charge on any atom is -0.300 e. The van der Waals surface area contributed by atoms with E-state index in [1.54, 1.807) is 0 Å². The normalized spacial score (nSPS) is 58.0. The Bertz CT molecular complexity index is 200. The Morgan fingerprint density at radius 1 is 1.17 bits per heavy atom. The second-order valence-electron chi connectivity index (χ2n) is 5.07. The third kappa shape index (κ3) is 0.819. The molecular formula is C10H16FN. The number of hydrogen-bond acceptors (Lipinski definition) is 1. The first-order valence-corrected chi connectivity index (χ1v) is 5.07. The van der Waals surface area contributed by atoms with Gasteiger partial charge in [0.25, 0.3) is 0 Å². The second kappa shape index (κ2) is 2.03. The first-order valence-electron chi connectivity index (χ1n) is 5.07. The fourth-order valence-electron chi connectivity index (χ4n) is 3.73. The topological polar surface area (TPSA) is 3.24 Å². The van der Waals surface area contributed by atoms with Gasteiger partial charge in [-0.1, -0.05) is 0 Å². The number of alkyl halides is 1. The van der Waals surface area contributed by atoms with Crippen LogP contribution in [0.4, 0.5) is 4.39 Å². The van der Waals surface area contributed by atoms with E-state index in [0.717, 1.165) is 19.3 Å². The zero-order chi connectivity index (χ0) is 8.34. The predicted octanol–water partition coefficient (Wildman–Crippen LogP) is 1.97. The molecule has 4 bridgehead atoms. The van der Waals surface area contributed by atoms with Crippen molar-refractivity contribution in [3.63, 3.8) is 0 Å². The molecule has 0 aromatic rings. The first kappa shape index (κ1) is 7.31. The molecule has 0 N–H and O–H groups in total. The Labute approximate surface area is 72.9 Å². The van der Waals surface area contributed by atoms with Crippen LogP contribution in [0.1, 0.15) is 32.1 Å². The molecule has 2 unspecified atom stereocenters. The summed E-state index contributed by atoms with van der Waals surface area (Å²) in [6.07, 6.45) is 5.03. The van der Waals surface area contributed by atoms with E-state index >= 15 is 0 Å². The van der Waals surface area contributed by atoms with Crippen LogP contribution in [0.5, 0.6) is 0 Å². The highest BCUT2D eigenvalue weighted by atomic mass is 19.1. The summed E-state index contributed by atoms with van der Waals surface area (Å²) < 4.78 is 14.0. The van der Waals surface area contributed by atoms with Crippen molar-refractivity contribution >= 4 is 0 Å². The van der Waals surface area contributed by atoms with Crippen molar-refractivity contribution in [3.05, 3.63) is 0 Å². The molecule has 2 aliphatic carbocycles. The molecule has 4 aliphatic rings. The molecule has 0 radical (unpaired) electrons. The summed E-state index contributed by atoms with van der Waals surface area (Å²) in [6, 6.07) is 1.14. The molecule has 0 aromatic carbocycles. The maximum Gasteiger partial charge on any atom is 0.114 e. The van der Waals surface area contributed by atoms with E-state index in [9.17, 15) is 4.39 Å². The Balaban J connectivity index is 1.95. The quantitative estimate of drug-likeness (QED) is 0.536. The van der Waals surface area contributed by atoms with Gasteiger partial charge in [-0.3, -0.25) is 0 Å². The lowest BCUT2D eigenvalue weighted by molar-refractivity contribution is -0.109. The van der Waals surface area contributed by atoms with Gasteiger partial charge in [0.05, 0.1) is 0 Å². The molecule has 2 heterocycles. The minimum atomic E-state index is -0.761. The largest absolute Gasteiger partial charge is 0.300 e. The van der Waals surface area contributed by atoms with Gasteiger partial charge in [0.2, 0.25) is 0 Å². The molecular weight excluding hydrogens is 153 g/mol. The highest BCUT2D eigenvalue weighted by Crippen LogP contribution is 2.52. The van der Waals surface area contributed by atoms with Crippen molar-refractivity contribution in [2.24, 2.45) is 5.92 Å². The smallest absolute Gasteiger partial charge is 0.114 e. The number of rotatable bonds is 0. The summed E-state index contributed by atoms with van der Waals surface area (Å²) in [5, 5.41) is 0. The molecule has 2 aliphatic heterocycles. The zero-order valence-electron chi connectivity index (χ0n) is 7.59. The monoisotopic (exact) mass is 169 g/mol. The maximum atomic E-state index is 14.0. The van der Waals surface area contributed by atoms with Gasteiger partial charge in [0.1, 0.15) is 5.67 Å². The van der Waals surface area contributed by atoms with Crippen LogP contribution < -0.4 is 0 Å². The predicted molar refractivity (Wildman–Crippen MR) is 45.8 cm³/mol. The van der Waals surface area contributed by atoms with E-state index in [-0.39, 0.29) is 0 Å². The SMILES string of the molecule is CN1C2CC3CC1CC(F)(C3)C2. The lowest BCUT2D eigenvalue weighted by Gasteiger charge is -2.57. The average Bonchev–Trinajstić information content (AvgIpc) is 1.96. The Morgan fingerprint density at radius 3 is 2.25 bits per heavy atom. The van der Waals surface area contributed by atoms with E-state index < -0.39 is 5.67 Å². The van der Waals surface area contributed by atoms with Gasteiger partial charge in [0.15, 0.2) is 0 Å². The van der Waals surface area contributed by atoms with Crippen LogP contribution in [-0.4, -0.2) is 29.7 Å². The highest BCUT2D eigenvalue weighted by Gasteiger charge is 2.53. The second-order valence-corrected chi connectivity index (χ2v) is 5.07. The third-order valence-electron chi connectivity index (χ3n) is 4.22. The summed E-state index contributed by atoms with van der Waals surface area (Å²) in [5.41, 5.74) is -0.761. The van der Waals surface area contributed by atoms with Crippen LogP contribution in [-0.2, 0) is 0 Å². The number of nitrogens with zero attached hydrogens (tertiary/aromatic N) is 1. The number of piperidine rings is 2. The van der Waals surface area contributed by atoms with Crippen LogP contribution in [0.2, 0.25) is 0 Å². The van der Waals surface area contributed by atoms with E-state index in [4.69, 9.17) is 0 Å². The van der Waals surface area contributed by atoms with Crippen LogP contribution >= 0.6 is 0 Å². The van der Waals surface area contributed by atoms with Crippen LogP contribution in [0.3, 0.4) is 0 Å². The van der Waals surface area contributed by atoms with Crippen LogP contribution in [0, 0.1) is 5.92 Å². The third-order valence-corrected chi connectivity index (χ3v) is 4.22. The van der Waals surface area contributed by atoms with E-state index in [1.807, 2.05) is 0 Å². The van der Waals surface area contributed by atoms with Crippen molar-refractivity contribution in [1.29, 1.82) is 0 Å².